The number of amides is 1. The van der Waals surface area contributed by atoms with Crippen LogP contribution in [0.1, 0.15) is 47.0 Å². The summed E-state index contributed by atoms with van der Waals surface area (Å²) < 4.78 is 22.9. The standard InChI is InChI=1S/C20H35NO6/c1-13-7-20(24-6,27-15(3)14(13)2)9-18(23)21-10-17-16(26-12-22)8-19(4,5)11-25-17/h14-17,22H,1,7-12H2,2-6H3,(H,21,23)/t14?,15?,16?,17?,20-/m1/s1. The molecule has 2 saturated heterocycles. The normalized spacial score (nSPS) is 36.4. The van der Waals surface area contributed by atoms with E-state index in [4.69, 9.17) is 24.1 Å². The van der Waals surface area contributed by atoms with Gasteiger partial charge < -0.3 is 29.4 Å². The molecule has 0 aromatic carbocycles. The molecule has 0 aromatic heterocycles. The molecule has 2 fully saturated rings. The van der Waals surface area contributed by atoms with Gasteiger partial charge in [0.15, 0.2) is 5.79 Å². The first-order valence-corrected chi connectivity index (χ1v) is 9.63. The van der Waals surface area contributed by atoms with E-state index in [2.05, 4.69) is 32.7 Å². The number of aliphatic hydroxyl groups excluding tert-OH is 1. The van der Waals surface area contributed by atoms with Crippen LogP contribution in [0.4, 0.5) is 0 Å². The Bertz CT molecular complexity index is 537. The van der Waals surface area contributed by atoms with Gasteiger partial charge in [-0.15, -0.1) is 0 Å². The predicted octanol–water partition coefficient (Wildman–Crippen LogP) is 1.99. The van der Waals surface area contributed by atoms with Gasteiger partial charge in [0.2, 0.25) is 5.91 Å². The molecule has 7 nitrogen and oxygen atoms in total. The van der Waals surface area contributed by atoms with E-state index in [1.54, 1.807) is 7.11 Å². The highest BCUT2D eigenvalue weighted by molar-refractivity contribution is 5.77. The molecule has 0 aliphatic carbocycles. The zero-order valence-electron chi connectivity index (χ0n) is 17.2. The van der Waals surface area contributed by atoms with Crippen molar-refractivity contribution in [1.29, 1.82) is 0 Å². The second kappa shape index (κ2) is 9.01. The number of nitrogens with one attached hydrogen (secondary N) is 1. The molecular weight excluding hydrogens is 350 g/mol. The molecule has 5 atom stereocenters. The summed E-state index contributed by atoms with van der Waals surface area (Å²) in [6.07, 6.45) is 0.714. The molecule has 0 spiro atoms. The molecule has 0 radical (unpaired) electrons. The van der Waals surface area contributed by atoms with Crippen molar-refractivity contribution in [2.75, 3.05) is 27.1 Å². The fraction of sp³-hybridized carbons (Fsp3) is 0.850. The minimum Gasteiger partial charge on any atom is -0.373 e. The van der Waals surface area contributed by atoms with E-state index in [1.165, 1.54) is 0 Å². The summed E-state index contributed by atoms with van der Waals surface area (Å²) in [4.78, 5) is 12.6. The maximum absolute atomic E-state index is 12.6. The predicted molar refractivity (Wildman–Crippen MR) is 101 cm³/mol. The summed E-state index contributed by atoms with van der Waals surface area (Å²) in [5, 5.41) is 12.0. The van der Waals surface area contributed by atoms with Crippen LogP contribution in [0.15, 0.2) is 12.2 Å². The number of ether oxygens (including phenoxy) is 4. The van der Waals surface area contributed by atoms with Crippen LogP contribution in [0.2, 0.25) is 0 Å². The van der Waals surface area contributed by atoms with E-state index >= 15 is 0 Å². The Balaban J connectivity index is 1.91. The molecule has 2 aliphatic rings. The number of carbonyl (C=O) groups is 1. The Morgan fingerprint density at radius 3 is 2.70 bits per heavy atom. The maximum atomic E-state index is 12.6. The zero-order chi connectivity index (χ0) is 20.2. The van der Waals surface area contributed by atoms with E-state index in [-0.39, 0.29) is 48.8 Å². The Morgan fingerprint density at radius 2 is 2.11 bits per heavy atom. The van der Waals surface area contributed by atoms with Gasteiger partial charge in [-0.2, -0.15) is 0 Å². The Kier molecular flexibility index (Phi) is 7.44. The van der Waals surface area contributed by atoms with Gasteiger partial charge in [0.05, 0.1) is 25.2 Å². The molecule has 0 saturated carbocycles. The lowest BCUT2D eigenvalue weighted by atomic mass is 9.83. The van der Waals surface area contributed by atoms with E-state index in [0.717, 1.165) is 12.0 Å². The molecule has 0 aromatic rings. The third kappa shape index (κ3) is 5.74. The minimum atomic E-state index is -0.983. The molecule has 0 bridgehead atoms. The topological polar surface area (TPSA) is 86.3 Å². The van der Waals surface area contributed by atoms with Crippen molar-refractivity contribution >= 4 is 5.91 Å². The largest absolute Gasteiger partial charge is 0.373 e. The van der Waals surface area contributed by atoms with Crippen LogP contribution >= 0.6 is 0 Å². The number of methoxy groups -OCH3 is 1. The van der Waals surface area contributed by atoms with Crippen LogP contribution in [-0.2, 0) is 23.7 Å². The Hall–Kier alpha value is -0.990. The highest BCUT2D eigenvalue weighted by Crippen LogP contribution is 2.38. The lowest BCUT2D eigenvalue weighted by molar-refractivity contribution is -0.263. The zero-order valence-corrected chi connectivity index (χ0v) is 17.2. The van der Waals surface area contributed by atoms with Gasteiger partial charge in [0, 0.05) is 26.0 Å². The summed E-state index contributed by atoms with van der Waals surface area (Å²) in [5.41, 5.74) is 1.00. The third-order valence-electron chi connectivity index (χ3n) is 5.69. The average Bonchev–Trinajstić information content (AvgIpc) is 2.58. The van der Waals surface area contributed by atoms with Crippen LogP contribution in [0.25, 0.3) is 0 Å². The van der Waals surface area contributed by atoms with Gasteiger partial charge in [-0.1, -0.05) is 32.9 Å². The smallest absolute Gasteiger partial charge is 0.225 e. The lowest BCUT2D eigenvalue weighted by Gasteiger charge is -2.43. The van der Waals surface area contributed by atoms with Gasteiger partial charge in [0.25, 0.3) is 0 Å². The molecule has 2 N–H and O–H groups in total. The monoisotopic (exact) mass is 385 g/mol. The first-order chi connectivity index (χ1) is 12.6. The van der Waals surface area contributed by atoms with Crippen molar-refractivity contribution < 1.29 is 28.8 Å². The van der Waals surface area contributed by atoms with Gasteiger partial charge in [0.1, 0.15) is 12.9 Å². The van der Waals surface area contributed by atoms with Crippen molar-refractivity contribution in [2.45, 2.75) is 71.1 Å². The fourth-order valence-electron chi connectivity index (χ4n) is 3.77. The van der Waals surface area contributed by atoms with Crippen molar-refractivity contribution in [3.05, 3.63) is 12.2 Å². The van der Waals surface area contributed by atoms with Crippen molar-refractivity contribution in [3.8, 4) is 0 Å². The lowest BCUT2D eigenvalue weighted by Crippen LogP contribution is -2.51. The van der Waals surface area contributed by atoms with E-state index in [9.17, 15) is 4.79 Å². The number of rotatable bonds is 7. The minimum absolute atomic E-state index is 0.0242. The quantitative estimate of drug-likeness (QED) is 0.515. The van der Waals surface area contributed by atoms with Crippen LogP contribution in [0.5, 0.6) is 0 Å². The fourth-order valence-corrected chi connectivity index (χ4v) is 3.77. The molecule has 2 aliphatic heterocycles. The van der Waals surface area contributed by atoms with Gasteiger partial charge in [-0.05, 0) is 18.8 Å². The number of hydrogen-bond donors (Lipinski definition) is 2. The van der Waals surface area contributed by atoms with Gasteiger partial charge >= 0.3 is 0 Å². The highest BCUT2D eigenvalue weighted by Gasteiger charge is 2.43. The van der Waals surface area contributed by atoms with Crippen LogP contribution in [0, 0.1) is 11.3 Å². The molecular formula is C20H35NO6. The van der Waals surface area contributed by atoms with Crippen LogP contribution < -0.4 is 5.32 Å². The first kappa shape index (κ1) is 22.3. The van der Waals surface area contributed by atoms with Crippen molar-refractivity contribution in [3.63, 3.8) is 0 Å². The van der Waals surface area contributed by atoms with E-state index in [1.807, 2.05) is 6.92 Å². The second-order valence-electron chi connectivity index (χ2n) is 8.59. The van der Waals surface area contributed by atoms with Gasteiger partial charge in [-0.25, -0.2) is 0 Å². The highest BCUT2D eigenvalue weighted by atomic mass is 16.7. The molecule has 2 rings (SSSR count). The second-order valence-corrected chi connectivity index (χ2v) is 8.59. The average molecular weight is 386 g/mol. The van der Waals surface area contributed by atoms with Crippen LogP contribution in [-0.4, -0.2) is 62.2 Å². The molecule has 7 heteroatoms. The summed E-state index contributed by atoms with van der Waals surface area (Å²) in [6, 6.07) is 0. The summed E-state index contributed by atoms with van der Waals surface area (Å²) in [5.74, 6) is -0.932. The summed E-state index contributed by atoms with van der Waals surface area (Å²) in [6.45, 7) is 12.8. The molecule has 1 amide bonds. The number of hydrogen-bond acceptors (Lipinski definition) is 6. The Morgan fingerprint density at radius 1 is 1.41 bits per heavy atom. The van der Waals surface area contributed by atoms with Crippen LogP contribution in [0.3, 0.4) is 0 Å². The third-order valence-corrected chi connectivity index (χ3v) is 5.69. The van der Waals surface area contributed by atoms with Gasteiger partial charge in [-0.3, -0.25) is 4.79 Å². The van der Waals surface area contributed by atoms with Crippen molar-refractivity contribution in [2.24, 2.45) is 11.3 Å². The summed E-state index contributed by atoms with van der Waals surface area (Å²) in [7, 11) is 1.56. The van der Waals surface area contributed by atoms with E-state index in [0.29, 0.717) is 19.6 Å². The molecule has 4 unspecified atom stereocenters. The molecule has 156 valence electrons. The molecule has 2 heterocycles. The first-order valence-electron chi connectivity index (χ1n) is 9.63. The maximum Gasteiger partial charge on any atom is 0.225 e. The number of aliphatic hydroxyl groups is 1. The molecule has 27 heavy (non-hydrogen) atoms. The van der Waals surface area contributed by atoms with E-state index < -0.39 is 5.79 Å². The van der Waals surface area contributed by atoms with Crippen molar-refractivity contribution in [1.82, 2.24) is 5.32 Å². The summed E-state index contributed by atoms with van der Waals surface area (Å²) >= 11 is 0. The SMILES string of the molecule is C=C1C[C@@](CC(=O)NCC2OCC(C)(C)CC2OCO)(OC)OC(C)C1C. The Labute approximate surface area is 162 Å². The number of carbonyl (C=O) groups excluding carboxylic acids is 1.